The Morgan fingerprint density at radius 3 is 2.50 bits per heavy atom. The normalized spacial score (nSPS) is 17.9. The smallest absolute Gasteiger partial charge is 0.222 e. The van der Waals surface area contributed by atoms with Crippen LogP contribution in [0.3, 0.4) is 0 Å². The van der Waals surface area contributed by atoms with Gasteiger partial charge >= 0.3 is 0 Å². The van der Waals surface area contributed by atoms with E-state index in [9.17, 15) is 4.79 Å². The van der Waals surface area contributed by atoms with E-state index in [1.54, 1.807) is 6.20 Å². The molecule has 0 unspecified atom stereocenters. The van der Waals surface area contributed by atoms with Gasteiger partial charge in [0.15, 0.2) is 5.82 Å². The molecule has 148 valence electrons. The first-order chi connectivity index (χ1) is 13.6. The summed E-state index contributed by atoms with van der Waals surface area (Å²) in [7, 11) is 0. The Morgan fingerprint density at radius 1 is 1.07 bits per heavy atom. The van der Waals surface area contributed by atoms with Gasteiger partial charge in [-0.1, -0.05) is 6.07 Å². The molecule has 2 aromatic heterocycles. The summed E-state index contributed by atoms with van der Waals surface area (Å²) in [6.07, 6.45) is 6.89. The molecule has 0 saturated carbocycles. The molecule has 4 rings (SSSR count). The van der Waals surface area contributed by atoms with Gasteiger partial charge in [0.25, 0.3) is 0 Å². The van der Waals surface area contributed by atoms with Gasteiger partial charge in [0, 0.05) is 50.1 Å². The molecular weight excluding hydrogens is 350 g/mol. The number of hydrogen-bond donors (Lipinski definition) is 0. The zero-order valence-electron chi connectivity index (χ0n) is 16.9. The van der Waals surface area contributed by atoms with Gasteiger partial charge in [0.2, 0.25) is 5.91 Å². The number of hydrogen-bond acceptors (Lipinski definition) is 5. The van der Waals surface area contributed by atoms with Crippen molar-refractivity contribution in [1.29, 1.82) is 0 Å². The Labute approximate surface area is 167 Å². The molecule has 2 fully saturated rings. The minimum atomic E-state index is 0.349. The van der Waals surface area contributed by atoms with Crippen molar-refractivity contribution in [2.24, 2.45) is 5.92 Å². The fourth-order valence-corrected chi connectivity index (χ4v) is 4.22. The minimum absolute atomic E-state index is 0.349. The van der Waals surface area contributed by atoms with E-state index in [1.807, 2.05) is 30.0 Å². The maximum atomic E-state index is 12.5. The zero-order chi connectivity index (χ0) is 19.5. The van der Waals surface area contributed by atoms with E-state index in [-0.39, 0.29) is 0 Å². The molecule has 4 heterocycles. The van der Waals surface area contributed by atoms with Crippen LogP contribution in [0, 0.1) is 19.8 Å². The summed E-state index contributed by atoms with van der Waals surface area (Å²) < 4.78 is 0. The quantitative estimate of drug-likeness (QED) is 0.815. The van der Waals surface area contributed by atoms with Gasteiger partial charge in [-0.25, -0.2) is 9.97 Å². The van der Waals surface area contributed by atoms with E-state index in [4.69, 9.17) is 4.98 Å². The van der Waals surface area contributed by atoms with Crippen molar-refractivity contribution in [3.05, 3.63) is 35.7 Å². The van der Waals surface area contributed by atoms with Crippen LogP contribution in [0.2, 0.25) is 0 Å². The lowest BCUT2D eigenvalue weighted by Crippen LogP contribution is -2.37. The first kappa shape index (κ1) is 18.8. The van der Waals surface area contributed by atoms with Crippen molar-refractivity contribution >= 4 is 11.7 Å². The average Bonchev–Trinajstić information content (AvgIpc) is 3.26. The molecule has 0 radical (unpaired) electrons. The molecule has 2 saturated heterocycles. The highest BCUT2D eigenvalue weighted by Gasteiger charge is 2.27. The van der Waals surface area contributed by atoms with Gasteiger partial charge in [0.1, 0.15) is 11.5 Å². The maximum Gasteiger partial charge on any atom is 0.222 e. The highest BCUT2D eigenvalue weighted by Crippen LogP contribution is 2.29. The molecule has 0 N–H and O–H groups in total. The number of pyridine rings is 1. The van der Waals surface area contributed by atoms with Crippen LogP contribution in [-0.4, -0.2) is 51.9 Å². The summed E-state index contributed by atoms with van der Waals surface area (Å²) in [6.45, 7) is 7.92. The highest BCUT2D eigenvalue weighted by molar-refractivity contribution is 5.76. The van der Waals surface area contributed by atoms with E-state index in [0.29, 0.717) is 24.1 Å². The SMILES string of the molecule is Cc1nc(-c2ccccn2)nc(N2CCC(CC(=O)N3CCCC3)CC2)c1C. The van der Waals surface area contributed by atoms with Crippen LogP contribution in [0.15, 0.2) is 24.4 Å². The molecular formula is C22H29N5O. The molecule has 6 nitrogen and oxygen atoms in total. The van der Waals surface area contributed by atoms with Gasteiger partial charge < -0.3 is 9.80 Å². The highest BCUT2D eigenvalue weighted by atomic mass is 16.2. The third-order valence-corrected chi connectivity index (χ3v) is 6.09. The summed E-state index contributed by atoms with van der Waals surface area (Å²) in [5.41, 5.74) is 2.93. The monoisotopic (exact) mass is 379 g/mol. The Hall–Kier alpha value is -2.50. The molecule has 2 aliphatic rings. The van der Waals surface area contributed by atoms with Gasteiger partial charge in [-0.05, 0) is 57.6 Å². The van der Waals surface area contributed by atoms with Crippen LogP contribution in [0.4, 0.5) is 5.82 Å². The summed E-state index contributed by atoms with van der Waals surface area (Å²) in [4.78, 5) is 30.8. The molecule has 28 heavy (non-hydrogen) atoms. The molecule has 0 aromatic carbocycles. The standard InChI is InChI=1S/C22H29N5O/c1-16-17(2)24-21(19-7-3-4-10-23-19)25-22(16)27-13-8-18(9-14-27)15-20(28)26-11-5-6-12-26/h3-4,7,10,18H,5-6,8-9,11-15H2,1-2H3. The third-order valence-electron chi connectivity index (χ3n) is 6.09. The second-order valence-electron chi connectivity index (χ2n) is 8.02. The van der Waals surface area contributed by atoms with Gasteiger partial charge in [-0.2, -0.15) is 0 Å². The van der Waals surface area contributed by atoms with E-state index < -0.39 is 0 Å². The van der Waals surface area contributed by atoms with Crippen LogP contribution >= 0.6 is 0 Å². The number of rotatable bonds is 4. The number of piperidine rings is 1. The third kappa shape index (κ3) is 4.01. The number of aromatic nitrogens is 3. The van der Waals surface area contributed by atoms with Crippen LogP contribution < -0.4 is 4.90 Å². The lowest BCUT2D eigenvalue weighted by molar-refractivity contribution is -0.131. The predicted molar refractivity (Wildman–Crippen MR) is 110 cm³/mol. The summed E-state index contributed by atoms with van der Waals surface area (Å²) >= 11 is 0. The Balaban J connectivity index is 1.44. The second kappa shape index (κ2) is 8.25. The van der Waals surface area contributed by atoms with Gasteiger partial charge in [0.05, 0.1) is 0 Å². The Kier molecular flexibility index (Phi) is 5.55. The predicted octanol–water partition coefficient (Wildman–Crippen LogP) is 3.38. The van der Waals surface area contributed by atoms with Crippen molar-refractivity contribution in [2.75, 3.05) is 31.1 Å². The fourth-order valence-electron chi connectivity index (χ4n) is 4.22. The zero-order valence-corrected chi connectivity index (χ0v) is 16.9. The second-order valence-corrected chi connectivity index (χ2v) is 8.02. The molecule has 2 aliphatic heterocycles. The maximum absolute atomic E-state index is 12.5. The summed E-state index contributed by atoms with van der Waals surface area (Å²) in [6, 6.07) is 5.81. The number of amides is 1. The number of carbonyl (C=O) groups is 1. The molecule has 0 aliphatic carbocycles. The van der Waals surface area contributed by atoms with Crippen LogP contribution in [0.1, 0.15) is 43.4 Å². The van der Waals surface area contributed by atoms with Crippen molar-refractivity contribution in [3.63, 3.8) is 0 Å². The van der Waals surface area contributed by atoms with E-state index >= 15 is 0 Å². The summed E-state index contributed by atoms with van der Waals surface area (Å²) in [5, 5.41) is 0. The first-order valence-corrected chi connectivity index (χ1v) is 10.4. The van der Waals surface area contributed by atoms with Crippen molar-refractivity contribution in [3.8, 4) is 11.5 Å². The lowest BCUT2D eigenvalue weighted by atomic mass is 9.92. The summed E-state index contributed by atoms with van der Waals surface area (Å²) in [5.74, 6) is 2.54. The molecule has 0 bridgehead atoms. The molecule has 1 amide bonds. The number of nitrogens with zero attached hydrogens (tertiary/aromatic N) is 5. The minimum Gasteiger partial charge on any atom is -0.356 e. The van der Waals surface area contributed by atoms with Crippen molar-refractivity contribution < 1.29 is 4.79 Å². The van der Waals surface area contributed by atoms with Crippen LogP contribution in [0.5, 0.6) is 0 Å². The Bertz CT molecular complexity index is 824. The van der Waals surface area contributed by atoms with Crippen molar-refractivity contribution in [2.45, 2.75) is 46.0 Å². The topological polar surface area (TPSA) is 62.2 Å². The number of aryl methyl sites for hydroxylation is 1. The molecule has 2 aromatic rings. The van der Waals surface area contributed by atoms with E-state index in [1.165, 1.54) is 0 Å². The fraction of sp³-hybridized carbons (Fsp3) is 0.545. The van der Waals surface area contributed by atoms with Gasteiger partial charge in [-0.15, -0.1) is 0 Å². The van der Waals surface area contributed by atoms with Crippen molar-refractivity contribution in [1.82, 2.24) is 19.9 Å². The molecule has 6 heteroatoms. The largest absolute Gasteiger partial charge is 0.356 e. The van der Waals surface area contributed by atoms with Crippen LogP contribution in [-0.2, 0) is 4.79 Å². The van der Waals surface area contributed by atoms with E-state index in [0.717, 1.165) is 74.6 Å². The van der Waals surface area contributed by atoms with Gasteiger partial charge in [-0.3, -0.25) is 9.78 Å². The number of likely N-dealkylation sites (tertiary alicyclic amines) is 1. The van der Waals surface area contributed by atoms with Crippen LogP contribution in [0.25, 0.3) is 11.5 Å². The van der Waals surface area contributed by atoms with E-state index in [2.05, 4.69) is 21.8 Å². The average molecular weight is 380 g/mol. The lowest BCUT2D eigenvalue weighted by Gasteiger charge is -2.34. The Morgan fingerprint density at radius 2 is 1.82 bits per heavy atom. The molecule has 0 spiro atoms. The first-order valence-electron chi connectivity index (χ1n) is 10.4. The number of anilines is 1. The number of carbonyl (C=O) groups excluding carboxylic acids is 1. The molecule has 0 atom stereocenters.